The molecule has 0 N–H and O–H groups in total. The fourth-order valence-electron chi connectivity index (χ4n) is 4.35. The molecule has 2 aliphatic heterocycles. The monoisotopic (exact) mass is 336 g/mol. The van der Waals surface area contributed by atoms with Crippen LogP contribution in [-0.2, 0) is 9.47 Å². The van der Waals surface area contributed by atoms with E-state index in [0.29, 0.717) is 17.8 Å². The fourth-order valence-corrected chi connectivity index (χ4v) is 4.35. The van der Waals surface area contributed by atoms with Crippen molar-refractivity contribution in [3.8, 4) is 0 Å². The van der Waals surface area contributed by atoms with Gasteiger partial charge in [-0.1, -0.05) is 18.0 Å². The van der Waals surface area contributed by atoms with Gasteiger partial charge in [-0.3, -0.25) is 9.80 Å². The molecule has 3 fully saturated rings. The predicted octanol–water partition coefficient (Wildman–Crippen LogP) is 1.39. The van der Waals surface area contributed by atoms with E-state index >= 15 is 0 Å². The van der Waals surface area contributed by atoms with Crippen molar-refractivity contribution in [2.45, 2.75) is 50.4 Å². The third-order valence-electron chi connectivity index (χ3n) is 5.83. The summed E-state index contributed by atoms with van der Waals surface area (Å²) < 4.78 is 17.0. The van der Waals surface area contributed by atoms with E-state index < -0.39 is 0 Å². The maximum absolute atomic E-state index is 5.86. The number of nitrogens with zero attached hydrogens (tertiary/aromatic N) is 4. The smallest absolute Gasteiger partial charge is 0.257 e. The Kier molecular flexibility index (Phi) is 4.60. The van der Waals surface area contributed by atoms with Gasteiger partial charge in [-0.2, -0.15) is 4.98 Å². The first-order valence-corrected chi connectivity index (χ1v) is 9.11. The lowest BCUT2D eigenvalue weighted by atomic mass is 9.97. The number of aryl methyl sites for hydroxylation is 1. The normalized spacial score (nSPS) is 29.0. The molecule has 1 aromatic rings. The molecule has 1 unspecified atom stereocenters. The minimum absolute atomic E-state index is 0.0888. The summed E-state index contributed by atoms with van der Waals surface area (Å²) in [5.74, 6) is 1.28. The van der Waals surface area contributed by atoms with E-state index in [2.05, 4.69) is 19.9 Å². The summed E-state index contributed by atoms with van der Waals surface area (Å²) in [4.78, 5) is 9.37. The Morgan fingerprint density at radius 3 is 2.71 bits per heavy atom. The minimum atomic E-state index is -0.0888. The Balaban J connectivity index is 1.29. The van der Waals surface area contributed by atoms with Crippen molar-refractivity contribution in [3.63, 3.8) is 0 Å². The first kappa shape index (κ1) is 16.4. The van der Waals surface area contributed by atoms with E-state index in [1.165, 1.54) is 25.7 Å². The van der Waals surface area contributed by atoms with Crippen LogP contribution >= 0.6 is 0 Å². The molecule has 3 aliphatic rings. The summed E-state index contributed by atoms with van der Waals surface area (Å²) >= 11 is 0. The van der Waals surface area contributed by atoms with Gasteiger partial charge in [0.05, 0.1) is 12.2 Å². The van der Waals surface area contributed by atoms with Gasteiger partial charge in [0.25, 0.3) is 5.89 Å². The summed E-state index contributed by atoms with van der Waals surface area (Å²) in [7, 11) is 1.88. The summed E-state index contributed by atoms with van der Waals surface area (Å²) in [5, 5.41) is 3.88. The molecule has 1 aliphatic carbocycles. The lowest BCUT2D eigenvalue weighted by Gasteiger charge is -2.49. The Bertz CT molecular complexity index is 552. The van der Waals surface area contributed by atoms with Gasteiger partial charge in [0, 0.05) is 45.9 Å². The highest BCUT2D eigenvalue weighted by atomic mass is 16.5. The zero-order valence-corrected chi connectivity index (χ0v) is 14.7. The second-order valence-electron chi connectivity index (χ2n) is 7.48. The highest BCUT2D eigenvalue weighted by Gasteiger charge is 2.41. The van der Waals surface area contributed by atoms with Gasteiger partial charge in [0.2, 0.25) is 0 Å². The number of methoxy groups -OCH3 is 1. The SMILES string of the molecule is COC1(CN2CC(N3CCOC(c4nc(C)no4)C3)C2)CCCC1. The maximum Gasteiger partial charge on any atom is 0.257 e. The molecular weight excluding hydrogens is 308 g/mol. The Morgan fingerprint density at radius 2 is 2.04 bits per heavy atom. The molecule has 7 heteroatoms. The minimum Gasteiger partial charge on any atom is -0.377 e. The fraction of sp³-hybridized carbons (Fsp3) is 0.882. The summed E-state index contributed by atoms with van der Waals surface area (Å²) in [6.07, 6.45) is 4.94. The number of hydrogen-bond donors (Lipinski definition) is 0. The highest BCUT2D eigenvalue weighted by Crippen LogP contribution is 2.35. The summed E-state index contributed by atoms with van der Waals surface area (Å²) in [6.45, 7) is 7.72. The van der Waals surface area contributed by atoms with Crippen molar-refractivity contribution in [3.05, 3.63) is 11.7 Å². The average molecular weight is 336 g/mol. The highest BCUT2D eigenvalue weighted by molar-refractivity contribution is 4.98. The van der Waals surface area contributed by atoms with E-state index in [0.717, 1.165) is 39.3 Å². The molecule has 1 aromatic heterocycles. The molecule has 4 rings (SSSR count). The van der Waals surface area contributed by atoms with Crippen molar-refractivity contribution in [2.75, 3.05) is 46.4 Å². The number of hydrogen-bond acceptors (Lipinski definition) is 7. The largest absolute Gasteiger partial charge is 0.377 e. The van der Waals surface area contributed by atoms with Crippen LogP contribution in [0.5, 0.6) is 0 Å². The topological polar surface area (TPSA) is 63.9 Å². The van der Waals surface area contributed by atoms with E-state index in [-0.39, 0.29) is 11.7 Å². The van der Waals surface area contributed by atoms with E-state index in [1.54, 1.807) is 0 Å². The van der Waals surface area contributed by atoms with Crippen LogP contribution in [0.15, 0.2) is 4.52 Å². The lowest BCUT2D eigenvalue weighted by Crippen LogP contribution is -2.64. The lowest BCUT2D eigenvalue weighted by molar-refractivity contribution is -0.101. The van der Waals surface area contributed by atoms with Crippen molar-refractivity contribution < 1.29 is 14.0 Å². The van der Waals surface area contributed by atoms with Crippen LogP contribution in [0, 0.1) is 6.92 Å². The van der Waals surface area contributed by atoms with E-state index in [1.807, 2.05) is 14.0 Å². The van der Waals surface area contributed by atoms with Gasteiger partial charge >= 0.3 is 0 Å². The molecule has 0 bridgehead atoms. The van der Waals surface area contributed by atoms with Crippen molar-refractivity contribution in [2.24, 2.45) is 0 Å². The maximum atomic E-state index is 5.86. The molecule has 7 nitrogen and oxygen atoms in total. The zero-order chi connectivity index (χ0) is 16.6. The Hall–Kier alpha value is -1.02. The molecule has 0 spiro atoms. The first-order chi connectivity index (χ1) is 11.7. The summed E-state index contributed by atoms with van der Waals surface area (Å²) in [6, 6.07) is 0.607. The average Bonchev–Trinajstić information content (AvgIpc) is 3.20. The predicted molar refractivity (Wildman–Crippen MR) is 87.7 cm³/mol. The van der Waals surface area contributed by atoms with Gasteiger partial charge in [-0.25, -0.2) is 0 Å². The Labute approximate surface area is 143 Å². The van der Waals surface area contributed by atoms with E-state index in [4.69, 9.17) is 14.0 Å². The van der Waals surface area contributed by atoms with Crippen molar-refractivity contribution in [1.29, 1.82) is 0 Å². The molecule has 134 valence electrons. The molecule has 3 heterocycles. The number of morpholine rings is 1. The van der Waals surface area contributed by atoms with Gasteiger partial charge in [-0.15, -0.1) is 0 Å². The van der Waals surface area contributed by atoms with Crippen molar-refractivity contribution in [1.82, 2.24) is 19.9 Å². The quantitative estimate of drug-likeness (QED) is 0.805. The van der Waals surface area contributed by atoms with Gasteiger partial charge in [0.1, 0.15) is 6.10 Å². The van der Waals surface area contributed by atoms with Crippen LogP contribution in [0.3, 0.4) is 0 Å². The number of rotatable bonds is 5. The Morgan fingerprint density at radius 1 is 1.25 bits per heavy atom. The molecule has 0 radical (unpaired) electrons. The second kappa shape index (κ2) is 6.71. The molecule has 0 aromatic carbocycles. The van der Waals surface area contributed by atoms with Crippen LogP contribution in [0.2, 0.25) is 0 Å². The third kappa shape index (κ3) is 3.22. The first-order valence-electron chi connectivity index (χ1n) is 9.11. The van der Waals surface area contributed by atoms with Crippen LogP contribution in [0.1, 0.15) is 43.5 Å². The van der Waals surface area contributed by atoms with Gasteiger partial charge in [0.15, 0.2) is 5.82 Å². The molecular formula is C17H28N4O3. The number of aromatic nitrogens is 2. The number of ether oxygens (including phenoxy) is 2. The zero-order valence-electron chi connectivity index (χ0n) is 14.7. The van der Waals surface area contributed by atoms with E-state index in [9.17, 15) is 0 Å². The molecule has 0 amide bonds. The van der Waals surface area contributed by atoms with Crippen LogP contribution < -0.4 is 0 Å². The third-order valence-corrected chi connectivity index (χ3v) is 5.83. The number of likely N-dealkylation sites (tertiary alicyclic amines) is 1. The van der Waals surface area contributed by atoms with Gasteiger partial charge < -0.3 is 14.0 Å². The van der Waals surface area contributed by atoms with Crippen LogP contribution in [-0.4, -0.2) is 78.0 Å². The molecule has 1 saturated carbocycles. The van der Waals surface area contributed by atoms with Crippen LogP contribution in [0.25, 0.3) is 0 Å². The molecule has 1 atom stereocenters. The second-order valence-corrected chi connectivity index (χ2v) is 7.48. The standard InChI is InChI=1S/C17H28N4O3/c1-13-18-16(24-19-13)15-11-21(7-8-23-15)14-9-20(10-14)12-17(22-2)5-3-4-6-17/h14-15H,3-12H2,1-2H3. The van der Waals surface area contributed by atoms with Crippen molar-refractivity contribution >= 4 is 0 Å². The van der Waals surface area contributed by atoms with Crippen LogP contribution in [0.4, 0.5) is 0 Å². The summed E-state index contributed by atoms with van der Waals surface area (Å²) in [5.41, 5.74) is 0.111. The molecule has 2 saturated heterocycles. The van der Waals surface area contributed by atoms with Gasteiger partial charge in [-0.05, 0) is 19.8 Å². The molecule has 24 heavy (non-hydrogen) atoms.